The maximum absolute atomic E-state index is 12.4. The summed E-state index contributed by atoms with van der Waals surface area (Å²) in [6, 6.07) is 0. The van der Waals surface area contributed by atoms with Crippen LogP contribution in [0.1, 0.15) is 54.4 Å². The Hall–Kier alpha value is -1.99. The van der Waals surface area contributed by atoms with E-state index in [1.165, 1.54) is 0 Å². The van der Waals surface area contributed by atoms with Gasteiger partial charge in [0.15, 0.2) is 5.96 Å². The van der Waals surface area contributed by atoms with E-state index in [2.05, 4.69) is 20.5 Å². The molecule has 0 aliphatic carbocycles. The summed E-state index contributed by atoms with van der Waals surface area (Å²) >= 11 is 0. The van der Waals surface area contributed by atoms with Crippen molar-refractivity contribution < 1.29 is 14.3 Å². The summed E-state index contributed by atoms with van der Waals surface area (Å²) in [5, 5.41) is 6.22. The zero-order valence-electron chi connectivity index (χ0n) is 19.4. The first-order chi connectivity index (χ1) is 13.6. The first-order valence-corrected chi connectivity index (χ1v) is 10.8. The molecule has 29 heavy (non-hydrogen) atoms. The minimum absolute atomic E-state index is 0.00305. The molecule has 0 aromatic heterocycles. The van der Waals surface area contributed by atoms with Gasteiger partial charge in [0.05, 0.1) is 0 Å². The number of aliphatic imine (C=N–C) groups is 1. The van der Waals surface area contributed by atoms with Crippen molar-refractivity contribution in [2.45, 2.75) is 60.0 Å². The van der Waals surface area contributed by atoms with Crippen molar-refractivity contribution in [3.63, 3.8) is 0 Å². The third-order valence-electron chi connectivity index (χ3n) is 4.87. The highest BCUT2D eigenvalue weighted by molar-refractivity contribution is 5.80. The van der Waals surface area contributed by atoms with Gasteiger partial charge in [-0.1, -0.05) is 13.8 Å². The molecule has 0 spiro atoms. The lowest BCUT2D eigenvalue weighted by Crippen LogP contribution is -2.49. The molecule has 1 fully saturated rings. The van der Waals surface area contributed by atoms with Crippen LogP contribution >= 0.6 is 0 Å². The highest BCUT2D eigenvalue weighted by atomic mass is 16.6. The molecule has 8 nitrogen and oxygen atoms in total. The van der Waals surface area contributed by atoms with Gasteiger partial charge in [-0.05, 0) is 46.5 Å². The normalized spacial score (nSPS) is 16.0. The average Bonchev–Trinajstić information content (AvgIpc) is 2.65. The Morgan fingerprint density at radius 1 is 1.17 bits per heavy atom. The lowest BCUT2D eigenvalue weighted by atomic mass is 9.96. The number of amides is 2. The molecule has 0 radical (unpaired) electrons. The molecule has 0 atom stereocenters. The van der Waals surface area contributed by atoms with Gasteiger partial charge in [-0.3, -0.25) is 9.79 Å². The summed E-state index contributed by atoms with van der Waals surface area (Å²) in [5.41, 5.74) is -0.472. The average molecular weight is 412 g/mol. The fraction of sp³-hybridized carbons (Fsp3) is 0.857. The van der Waals surface area contributed by atoms with Crippen molar-refractivity contribution in [3.05, 3.63) is 0 Å². The number of nitrogens with zero attached hydrogens (tertiary/aromatic N) is 3. The van der Waals surface area contributed by atoms with E-state index in [1.807, 2.05) is 41.5 Å². The van der Waals surface area contributed by atoms with E-state index in [0.29, 0.717) is 25.6 Å². The van der Waals surface area contributed by atoms with Gasteiger partial charge in [0.25, 0.3) is 0 Å². The predicted octanol–water partition coefficient (Wildman–Crippen LogP) is 2.30. The molecule has 2 N–H and O–H groups in total. The number of likely N-dealkylation sites (tertiary alicyclic amines) is 1. The van der Waals surface area contributed by atoms with Gasteiger partial charge >= 0.3 is 6.09 Å². The van der Waals surface area contributed by atoms with Gasteiger partial charge < -0.3 is 25.2 Å². The van der Waals surface area contributed by atoms with Crippen molar-refractivity contribution in [2.24, 2.45) is 16.8 Å². The Labute approximate surface area is 176 Å². The monoisotopic (exact) mass is 411 g/mol. The molecule has 1 saturated heterocycles. The lowest BCUT2D eigenvalue weighted by molar-refractivity contribution is -0.123. The highest BCUT2D eigenvalue weighted by Crippen LogP contribution is 2.20. The zero-order chi connectivity index (χ0) is 22.0. The maximum atomic E-state index is 12.4. The summed E-state index contributed by atoms with van der Waals surface area (Å²) < 4.78 is 5.51. The largest absolute Gasteiger partial charge is 0.444 e. The highest BCUT2D eigenvalue weighted by Gasteiger charge is 2.27. The summed E-state index contributed by atoms with van der Waals surface area (Å²) in [7, 11) is 1.78. The fourth-order valence-corrected chi connectivity index (χ4v) is 3.19. The smallest absolute Gasteiger partial charge is 0.410 e. The summed E-state index contributed by atoms with van der Waals surface area (Å²) in [6.45, 7) is 15.8. The van der Waals surface area contributed by atoms with Crippen LogP contribution in [-0.2, 0) is 9.53 Å². The molecule has 1 aliphatic rings. The van der Waals surface area contributed by atoms with Crippen LogP contribution in [0.5, 0.6) is 0 Å². The van der Waals surface area contributed by atoms with E-state index in [-0.39, 0.29) is 17.9 Å². The van der Waals surface area contributed by atoms with Gasteiger partial charge in [-0.25, -0.2) is 4.79 Å². The van der Waals surface area contributed by atoms with Gasteiger partial charge in [0, 0.05) is 52.2 Å². The number of nitrogens with one attached hydrogen (secondary N) is 2. The molecule has 1 rings (SSSR count). The molecular formula is C21H41N5O3. The summed E-state index contributed by atoms with van der Waals surface area (Å²) in [5.74, 6) is 1.38. The van der Waals surface area contributed by atoms with Gasteiger partial charge in [0.1, 0.15) is 5.60 Å². The van der Waals surface area contributed by atoms with E-state index in [0.717, 1.165) is 38.4 Å². The quantitative estimate of drug-likeness (QED) is 0.381. The predicted molar refractivity (Wildman–Crippen MR) is 117 cm³/mol. The van der Waals surface area contributed by atoms with E-state index in [9.17, 15) is 9.59 Å². The Morgan fingerprint density at radius 2 is 1.76 bits per heavy atom. The van der Waals surface area contributed by atoms with Crippen molar-refractivity contribution in [2.75, 3.05) is 46.3 Å². The zero-order valence-corrected chi connectivity index (χ0v) is 19.4. The number of hydrogen-bond acceptors (Lipinski definition) is 4. The molecule has 2 amide bonds. The number of rotatable bonds is 7. The van der Waals surface area contributed by atoms with Gasteiger partial charge in [-0.2, -0.15) is 0 Å². The third-order valence-corrected chi connectivity index (χ3v) is 4.87. The van der Waals surface area contributed by atoms with E-state index < -0.39 is 5.60 Å². The Balaban J connectivity index is 2.41. The standard InChI is InChI=1S/C21H41N5O3/c1-8-25(20(28)29-21(4,5)6)15-17-9-13-26(14-10-17)19(22-7)24-12-11-23-18(27)16(2)3/h16-17H,8-15H2,1-7H3,(H,22,24)(H,23,27). The minimum Gasteiger partial charge on any atom is -0.444 e. The van der Waals surface area contributed by atoms with Crippen LogP contribution in [0.4, 0.5) is 4.79 Å². The maximum Gasteiger partial charge on any atom is 0.410 e. The van der Waals surface area contributed by atoms with Crippen molar-refractivity contribution >= 4 is 18.0 Å². The summed E-state index contributed by atoms with van der Waals surface area (Å²) in [6.07, 6.45) is 1.78. The Kier molecular flexibility index (Phi) is 10.3. The number of carbonyl (C=O) groups excluding carboxylic acids is 2. The van der Waals surface area contributed by atoms with Crippen molar-refractivity contribution in [3.8, 4) is 0 Å². The molecule has 0 bridgehead atoms. The SMILES string of the molecule is CCN(CC1CCN(C(=NC)NCCNC(=O)C(C)C)CC1)C(=O)OC(C)(C)C. The van der Waals surface area contributed by atoms with Crippen LogP contribution < -0.4 is 10.6 Å². The van der Waals surface area contributed by atoms with Gasteiger partial charge in [-0.15, -0.1) is 0 Å². The van der Waals surface area contributed by atoms with Crippen LogP contribution in [0, 0.1) is 11.8 Å². The Morgan fingerprint density at radius 3 is 2.24 bits per heavy atom. The molecule has 1 aliphatic heterocycles. The van der Waals surface area contributed by atoms with Crippen LogP contribution in [0.3, 0.4) is 0 Å². The second-order valence-corrected chi connectivity index (χ2v) is 8.87. The van der Waals surface area contributed by atoms with Crippen LogP contribution in [-0.4, -0.2) is 79.7 Å². The topological polar surface area (TPSA) is 86.3 Å². The lowest BCUT2D eigenvalue weighted by Gasteiger charge is -2.36. The third kappa shape index (κ3) is 9.37. The van der Waals surface area contributed by atoms with E-state index >= 15 is 0 Å². The first kappa shape index (κ1) is 25.0. The number of piperidine rings is 1. The van der Waals surface area contributed by atoms with Crippen molar-refractivity contribution in [1.29, 1.82) is 0 Å². The van der Waals surface area contributed by atoms with Crippen LogP contribution in [0.2, 0.25) is 0 Å². The molecule has 168 valence electrons. The second-order valence-electron chi connectivity index (χ2n) is 8.87. The minimum atomic E-state index is -0.472. The molecule has 1 heterocycles. The number of carbonyl (C=O) groups is 2. The molecule has 0 aromatic rings. The molecule has 0 unspecified atom stereocenters. The second kappa shape index (κ2) is 11.9. The van der Waals surface area contributed by atoms with E-state index in [1.54, 1.807) is 11.9 Å². The van der Waals surface area contributed by atoms with Crippen LogP contribution in [0.15, 0.2) is 4.99 Å². The number of hydrogen-bond donors (Lipinski definition) is 2. The molecular weight excluding hydrogens is 370 g/mol. The van der Waals surface area contributed by atoms with Gasteiger partial charge in [0.2, 0.25) is 5.91 Å². The Bertz CT molecular complexity index is 549. The summed E-state index contributed by atoms with van der Waals surface area (Å²) in [4.78, 5) is 32.4. The van der Waals surface area contributed by atoms with Crippen LogP contribution in [0.25, 0.3) is 0 Å². The number of ether oxygens (including phenoxy) is 1. The number of guanidine groups is 1. The fourth-order valence-electron chi connectivity index (χ4n) is 3.19. The van der Waals surface area contributed by atoms with Crippen molar-refractivity contribution in [1.82, 2.24) is 20.4 Å². The molecule has 0 aromatic carbocycles. The first-order valence-electron chi connectivity index (χ1n) is 10.8. The molecule has 8 heteroatoms. The molecule has 0 saturated carbocycles. The van der Waals surface area contributed by atoms with E-state index in [4.69, 9.17) is 4.74 Å².